The van der Waals surface area contributed by atoms with Crippen molar-refractivity contribution in [1.82, 2.24) is 5.32 Å². The lowest BCUT2D eigenvalue weighted by Gasteiger charge is -2.30. The quantitative estimate of drug-likeness (QED) is 0.754. The molecule has 1 saturated carbocycles. The summed E-state index contributed by atoms with van der Waals surface area (Å²) in [6.07, 6.45) is 6.19. The van der Waals surface area contributed by atoms with Gasteiger partial charge in [0.1, 0.15) is 0 Å². The Hall–Kier alpha value is -1.06. The van der Waals surface area contributed by atoms with Crippen LogP contribution in [0.1, 0.15) is 65.7 Å². The van der Waals surface area contributed by atoms with Crippen LogP contribution in [-0.4, -0.2) is 23.5 Å². The molecule has 19 heavy (non-hydrogen) atoms. The molecule has 0 radical (unpaired) electrons. The highest BCUT2D eigenvalue weighted by molar-refractivity contribution is 5.83. The van der Waals surface area contributed by atoms with Crippen molar-refractivity contribution in [3.63, 3.8) is 0 Å². The molecule has 0 aromatic heterocycles. The molecule has 0 aromatic rings. The van der Waals surface area contributed by atoms with E-state index in [9.17, 15) is 14.7 Å². The fraction of sp³-hybridized carbons (Fsp3) is 0.867. The third kappa shape index (κ3) is 3.95. The second-order valence-corrected chi connectivity index (χ2v) is 6.42. The van der Waals surface area contributed by atoms with Gasteiger partial charge in [0.15, 0.2) is 0 Å². The molecule has 1 aliphatic carbocycles. The van der Waals surface area contributed by atoms with Crippen molar-refractivity contribution >= 4 is 11.9 Å². The molecule has 4 nitrogen and oxygen atoms in total. The number of rotatable bonds is 5. The number of carboxylic acids is 1. The number of hydrogen-bond donors (Lipinski definition) is 2. The molecule has 1 aliphatic rings. The van der Waals surface area contributed by atoms with E-state index in [0.717, 1.165) is 32.1 Å². The highest BCUT2D eigenvalue weighted by Gasteiger charge is 2.39. The maximum absolute atomic E-state index is 12.1. The van der Waals surface area contributed by atoms with E-state index in [1.807, 2.05) is 20.8 Å². The first-order valence-corrected chi connectivity index (χ1v) is 7.36. The van der Waals surface area contributed by atoms with Crippen LogP contribution in [0.25, 0.3) is 0 Å². The Bertz CT molecular complexity index is 328. The number of amides is 1. The van der Waals surface area contributed by atoms with E-state index in [-0.39, 0.29) is 12.5 Å². The first-order chi connectivity index (χ1) is 8.84. The molecule has 2 N–H and O–H groups in total. The number of carbonyl (C=O) groups excluding carboxylic acids is 1. The average Bonchev–Trinajstić information content (AvgIpc) is 2.62. The highest BCUT2D eigenvalue weighted by Crippen LogP contribution is 2.35. The van der Waals surface area contributed by atoms with Crippen LogP contribution >= 0.6 is 0 Å². The van der Waals surface area contributed by atoms with Crippen molar-refractivity contribution in [2.45, 2.75) is 65.7 Å². The molecule has 0 aliphatic heterocycles. The van der Waals surface area contributed by atoms with E-state index in [2.05, 4.69) is 5.32 Å². The Kier molecular flexibility index (Phi) is 5.39. The van der Waals surface area contributed by atoms with E-state index in [0.29, 0.717) is 12.8 Å². The van der Waals surface area contributed by atoms with Crippen LogP contribution in [-0.2, 0) is 9.59 Å². The fourth-order valence-electron chi connectivity index (χ4n) is 2.52. The van der Waals surface area contributed by atoms with Crippen LogP contribution < -0.4 is 5.32 Å². The molecular weight excluding hydrogens is 242 g/mol. The minimum absolute atomic E-state index is 0.0418. The summed E-state index contributed by atoms with van der Waals surface area (Å²) in [7, 11) is 0. The van der Waals surface area contributed by atoms with Crippen LogP contribution in [0, 0.1) is 10.8 Å². The first kappa shape index (κ1) is 16.0. The summed E-state index contributed by atoms with van der Waals surface area (Å²) in [5.74, 6) is -0.802. The zero-order valence-electron chi connectivity index (χ0n) is 12.4. The van der Waals surface area contributed by atoms with Crippen molar-refractivity contribution in [2.75, 3.05) is 6.54 Å². The summed E-state index contributed by atoms with van der Waals surface area (Å²) < 4.78 is 0. The maximum atomic E-state index is 12.1. The van der Waals surface area contributed by atoms with Gasteiger partial charge in [-0.15, -0.1) is 0 Å². The number of nitrogens with one attached hydrogen (secondary N) is 1. The molecule has 0 heterocycles. The molecular formula is C15H27NO3. The van der Waals surface area contributed by atoms with Gasteiger partial charge < -0.3 is 10.4 Å². The summed E-state index contributed by atoms with van der Waals surface area (Å²) in [5.41, 5.74) is -1.18. The second-order valence-electron chi connectivity index (χ2n) is 6.42. The van der Waals surface area contributed by atoms with Crippen LogP contribution in [0.15, 0.2) is 0 Å². The summed E-state index contributed by atoms with van der Waals surface area (Å²) >= 11 is 0. The predicted molar refractivity (Wildman–Crippen MR) is 74.9 cm³/mol. The van der Waals surface area contributed by atoms with Crippen LogP contribution in [0.4, 0.5) is 0 Å². The Labute approximate surface area is 116 Å². The van der Waals surface area contributed by atoms with Gasteiger partial charge in [0, 0.05) is 12.0 Å². The van der Waals surface area contributed by atoms with Crippen molar-refractivity contribution in [1.29, 1.82) is 0 Å². The molecule has 1 rings (SSSR count). The molecule has 0 bridgehead atoms. The van der Waals surface area contributed by atoms with Crippen molar-refractivity contribution in [3.05, 3.63) is 0 Å². The maximum Gasteiger partial charge on any atom is 0.311 e. The van der Waals surface area contributed by atoms with E-state index >= 15 is 0 Å². The molecule has 0 aromatic carbocycles. The van der Waals surface area contributed by atoms with Gasteiger partial charge in [-0.3, -0.25) is 9.59 Å². The van der Waals surface area contributed by atoms with Crippen LogP contribution in [0.3, 0.4) is 0 Å². The zero-order chi connectivity index (χ0) is 14.5. The summed E-state index contributed by atoms with van der Waals surface area (Å²) in [5, 5.41) is 12.4. The lowest BCUT2D eigenvalue weighted by Crippen LogP contribution is -2.46. The van der Waals surface area contributed by atoms with Crippen LogP contribution in [0.2, 0.25) is 0 Å². The lowest BCUT2D eigenvalue weighted by molar-refractivity contribution is -0.150. The van der Waals surface area contributed by atoms with E-state index in [1.165, 1.54) is 0 Å². The number of carboxylic acid groups (broad SMARTS) is 1. The van der Waals surface area contributed by atoms with Gasteiger partial charge in [0.25, 0.3) is 0 Å². The fourth-order valence-corrected chi connectivity index (χ4v) is 2.52. The normalized spacial score (nSPS) is 19.5. The van der Waals surface area contributed by atoms with Crippen LogP contribution in [0.5, 0.6) is 0 Å². The van der Waals surface area contributed by atoms with Crippen molar-refractivity contribution in [2.24, 2.45) is 10.8 Å². The summed E-state index contributed by atoms with van der Waals surface area (Å²) in [4.78, 5) is 23.7. The topological polar surface area (TPSA) is 66.4 Å². The predicted octanol–water partition coefficient (Wildman–Crippen LogP) is 2.96. The molecule has 1 amide bonds. The Morgan fingerprint density at radius 1 is 1.16 bits per heavy atom. The molecule has 110 valence electrons. The van der Waals surface area contributed by atoms with Gasteiger partial charge >= 0.3 is 5.97 Å². The number of carbonyl (C=O) groups is 2. The Morgan fingerprint density at radius 2 is 1.68 bits per heavy atom. The Balaban J connectivity index is 2.69. The van der Waals surface area contributed by atoms with Gasteiger partial charge in [-0.25, -0.2) is 0 Å². The van der Waals surface area contributed by atoms with Gasteiger partial charge in [-0.1, -0.05) is 46.5 Å². The molecule has 0 saturated heterocycles. The smallest absolute Gasteiger partial charge is 0.311 e. The third-order valence-electron chi connectivity index (χ3n) is 4.60. The molecule has 0 atom stereocenters. The minimum Gasteiger partial charge on any atom is -0.481 e. The zero-order valence-corrected chi connectivity index (χ0v) is 12.4. The summed E-state index contributed by atoms with van der Waals surface area (Å²) in [6.45, 7) is 6.02. The lowest BCUT2D eigenvalue weighted by atomic mass is 9.79. The first-order valence-electron chi connectivity index (χ1n) is 7.36. The highest BCUT2D eigenvalue weighted by atomic mass is 16.4. The second kappa shape index (κ2) is 6.40. The Morgan fingerprint density at radius 3 is 2.11 bits per heavy atom. The van der Waals surface area contributed by atoms with Gasteiger partial charge in [0.2, 0.25) is 5.91 Å². The van der Waals surface area contributed by atoms with Gasteiger partial charge in [-0.2, -0.15) is 0 Å². The molecule has 0 spiro atoms. The molecule has 4 heteroatoms. The third-order valence-corrected chi connectivity index (χ3v) is 4.60. The van der Waals surface area contributed by atoms with Crippen molar-refractivity contribution < 1.29 is 14.7 Å². The standard InChI is InChI=1S/C15H27NO3/c1-4-14(2,3)12(17)16-11-15(13(18)19)9-7-5-6-8-10-15/h4-11H2,1-3H3,(H,16,17)(H,18,19). The van der Waals surface area contributed by atoms with Gasteiger partial charge in [-0.05, 0) is 19.3 Å². The largest absolute Gasteiger partial charge is 0.481 e. The number of hydrogen-bond acceptors (Lipinski definition) is 2. The SMILES string of the molecule is CCC(C)(C)C(=O)NCC1(C(=O)O)CCCCCC1. The van der Waals surface area contributed by atoms with E-state index < -0.39 is 16.8 Å². The van der Waals surface area contributed by atoms with E-state index in [1.54, 1.807) is 0 Å². The monoisotopic (exact) mass is 269 g/mol. The van der Waals surface area contributed by atoms with E-state index in [4.69, 9.17) is 0 Å². The van der Waals surface area contributed by atoms with Gasteiger partial charge in [0.05, 0.1) is 5.41 Å². The number of aliphatic carboxylic acids is 1. The minimum atomic E-state index is -0.760. The molecule has 1 fully saturated rings. The average molecular weight is 269 g/mol. The van der Waals surface area contributed by atoms with Crippen molar-refractivity contribution in [3.8, 4) is 0 Å². The summed E-state index contributed by atoms with van der Waals surface area (Å²) in [6, 6.07) is 0. The molecule has 0 unspecified atom stereocenters.